The van der Waals surface area contributed by atoms with Gasteiger partial charge in [-0.05, 0) is 32.7 Å². The number of carbonyl (C=O) groups excluding carboxylic acids is 1. The number of hydrogen-bond acceptors (Lipinski definition) is 3. The fraction of sp³-hybridized carbons (Fsp3) is 0.692. The first-order valence-electron chi connectivity index (χ1n) is 6.52. The summed E-state index contributed by atoms with van der Waals surface area (Å²) in [6.07, 6.45) is 1.11. The van der Waals surface area contributed by atoms with E-state index in [4.69, 9.17) is 0 Å². The van der Waals surface area contributed by atoms with Crippen molar-refractivity contribution in [3.8, 4) is 0 Å². The summed E-state index contributed by atoms with van der Waals surface area (Å²) in [7, 11) is 1.86. The second-order valence-corrected chi connectivity index (χ2v) is 5.22. The number of nitrogens with one attached hydrogen (secondary N) is 2. The smallest absolute Gasteiger partial charge is 0.255 e. The minimum absolute atomic E-state index is 0. The van der Waals surface area contributed by atoms with Crippen LogP contribution in [0.25, 0.3) is 0 Å². The van der Waals surface area contributed by atoms with Gasteiger partial charge in [-0.15, -0.1) is 12.4 Å². The fourth-order valence-electron chi connectivity index (χ4n) is 2.53. The Kier molecular flexibility index (Phi) is 5.38. The van der Waals surface area contributed by atoms with Crippen LogP contribution < -0.4 is 10.6 Å². The maximum absolute atomic E-state index is 12.3. The van der Waals surface area contributed by atoms with E-state index in [2.05, 4.69) is 22.7 Å². The first kappa shape index (κ1) is 16.0. The van der Waals surface area contributed by atoms with Crippen LogP contribution in [0.15, 0.2) is 0 Å². The monoisotopic (exact) mass is 286 g/mol. The van der Waals surface area contributed by atoms with Crippen molar-refractivity contribution in [3.05, 3.63) is 17.0 Å². The third kappa shape index (κ3) is 3.28. The highest BCUT2D eigenvalue weighted by Gasteiger charge is 2.25. The summed E-state index contributed by atoms with van der Waals surface area (Å²) in [5.74, 6) is 0.520. The van der Waals surface area contributed by atoms with Crippen molar-refractivity contribution in [2.45, 2.75) is 33.2 Å². The molecule has 19 heavy (non-hydrogen) atoms. The highest BCUT2D eigenvalue weighted by Crippen LogP contribution is 2.15. The Morgan fingerprint density at radius 3 is 2.68 bits per heavy atom. The van der Waals surface area contributed by atoms with Crippen LogP contribution in [0.4, 0.5) is 0 Å². The van der Waals surface area contributed by atoms with Crippen molar-refractivity contribution in [3.63, 3.8) is 0 Å². The molecule has 1 aliphatic rings. The van der Waals surface area contributed by atoms with Crippen molar-refractivity contribution in [2.24, 2.45) is 13.0 Å². The highest BCUT2D eigenvalue weighted by molar-refractivity contribution is 5.96. The molecule has 0 aromatic carbocycles. The third-order valence-electron chi connectivity index (χ3n) is 3.88. The molecule has 5 nitrogen and oxygen atoms in total. The van der Waals surface area contributed by atoms with Crippen molar-refractivity contribution in [1.29, 1.82) is 0 Å². The number of halogens is 1. The lowest BCUT2D eigenvalue weighted by molar-refractivity contribution is 0.0914. The molecule has 2 unspecified atom stereocenters. The van der Waals surface area contributed by atoms with Crippen LogP contribution in [0.3, 0.4) is 0 Å². The summed E-state index contributed by atoms with van der Waals surface area (Å²) in [5.41, 5.74) is 2.43. The molecule has 0 aliphatic carbocycles. The molecule has 0 bridgehead atoms. The van der Waals surface area contributed by atoms with E-state index in [1.807, 2.05) is 20.9 Å². The zero-order chi connectivity index (χ0) is 13.3. The lowest BCUT2D eigenvalue weighted by Gasteiger charge is -2.30. The quantitative estimate of drug-likeness (QED) is 0.858. The molecule has 1 aliphatic heterocycles. The predicted molar refractivity (Wildman–Crippen MR) is 77.8 cm³/mol. The Labute approximate surface area is 120 Å². The van der Waals surface area contributed by atoms with E-state index in [-0.39, 0.29) is 24.4 Å². The number of carbonyl (C=O) groups is 1. The minimum atomic E-state index is -0.00125. The van der Waals surface area contributed by atoms with E-state index in [0.717, 1.165) is 36.5 Å². The molecule has 1 amide bonds. The fourth-order valence-corrected chi connectivity index (χ4v) is 2.53. The summed E-state index contributed by atoms with van der Waals surface area (Å²) in [4.78, 5) is 12.3. The summed E-state index contributed by atoms with van der Waals surface area (Å²) < 4.78 is 1.76. The summed E-state index contributed by atoms with van der Waals surface area (Å²) >= 11 is 0. The molecular formula is C13H23ClN4O. The molecule has 2 rings (SSSR count). The van der Waals surface area contributed by atoms with Gasteiger partial charge in [0.2, 0.25) is 0 Å². The van der Waals surface area contributed by atoms with Crippen LogP contribution >= 0.6 is 12.4 Å². The second-order valence-electron chi connectivity index (χ2n) is 5.22. The predicted octanol–water partition coefficient (Wildman–Crippen LogP) is 1.19. The van der Waals surface area contributed by atoms with E-state index >= 15 is 0 Å². The lowest BCUT2D eigenvalue weighted by atomic mass is 9.94. The number of amides is 1. The van der Waals surface area contributed by atoms with Gasteiger partial charge in [0.05, 0.1) is 11.3 Å². The Morgan fingerprint density at radius 2 is 2.16 bits per heavy atom. The largest absolute Gasteiger partial charge is 0.348 e. The highest BCUT2D eigenvalue weighted by atomic mass is 35.5. The van der Waals surface area contributed by atoms with Crippen LogP contribution in [0.5, 0.6) is 0 Å². The molecule has 2 N–H and O–H groups in total. The Hall–Kier alpha value is -1.07. The SMILES string of the molecule is Cc1nn(C)c(C)c1C(=O)NC1CNCCC1C.Cl. The first-order chi connectivity index (χ1) is 8.50. The average Bonchev–Trinajstić information content (AvgIpc) is 2.56. The lowest BCUT2D eigenvalue weighted by Crippen LogP contribution is -2.50. The molecule has 6 heteroatoms. The molecule has 1 aromatic heterocycles. The van der Waals surface area contributed by atoms with E-state index in [1.54, 1.807) is 4.68 Å². The molecule has 108 valence electrons. The summed E-state index contributed by atoms with van der Waals surface area (Å²) in [5, 5.41) is 10.7. The zero-order valence-corrected chi connectivity index (χ0v) is 12.8. The van der Waals surface area contributed by atoms with Gasteiger partial charge in [-0.2, -0.15) is 5.10 Å². The Balaban J connectivity index is 0.00000180. The van der Waals surface area contributed by atoms with Crippen molar-refractivity contribution >= 4 is 18.3 Å². The van der Waals surface area contributed by atoms with Crippen molar-refractivity contribution < 1.29 is 4.79 Å². The average molecular weight is 287 g/mol. The van der Waals surface area contributed by atoms with E-state index in [9.17, 15) is 4.79 Å². The number of hydrogen-bond donors (Lipinski definition) is 2. The topological polar surface area (TPSA) is 59.0 Å². The van der Waals surface area contributed by atoms with Crippen molar-refractivity contribution in [1.82, 2.24) is 20.4 Å². The zero-order valence-electron chi connectivity index (χ0n) is 12.0. The van der Waals surface area contributed by atoms with Crippen LogP contribution in [-0.2, 0) is 7.05 Å². The Bertz CT molecular complexity index is 458. The standard InChI is InChI=1S/C13H22N4O.ClH/c1-8-5-6-14-7-11(8)15-13(18)12-9(2)16-17(4)10(12)3;/h8,11,14H,5-7H2,1-4H3,(H,15,18);1H. The molecular weight excluding hydrogens is 264 g/mol. The molecule has 1 aromatic rings. The summed E-state index contributed by atoms with van der Waals surface area (Å²) in [6, 6.07) is 0.213. The Morgan fingerprint density at radius 1 is 1.47 bits per heavy atom. The number of aryl methyl sites for hydroxylation is 2. The van der Waals surface area contributed by atoms with Gasteiger partial charge in [0.25, 0.3) is 5.91 Å². The molecule has 0 spiro atoms. The number of rotatable bonds is 2. The minimum Gasteiger partial charge on any atom is -0.348 e. The molecule has 1 fully saturated rings. The maximum Gasteiger partial charge on any atom is 0.255 e. The van der Waals surface area contributed by atoms with Gasteiger partial charge < -0.3 is 10.6 Å². The van der Waals surface area contributed by atoms with Crippen LogP contribution in [0, 0.1) is 19.8 Å². The number of nitrogens with zero attached hydrogens (tertiary/aromatic N) is 2. The molecule has 2 heterocycles. The summed E-state index contributed by atoms with van der Waals surface area (Å²) in [6.45, 7) is 7.89. The number of aromatic nitrogens is 2. The number of piperidine rings is 1. The van der Waals surface area contributed by atoms with E-state index < -0.39 is 0 Å². The van der Waals surface area contributed by atoms with Crippen LogP contribution in [0.2, 0.25) is 0 Å². The van der Waals surface area contributed by atoms with Gasteiger partial charge in [0.15, 0.2) is 0 Å². The first-order valence-corrected chi connectivity index (χ1v) is 6.52. The molecule has 1 saturated heterocycles. The third-order valence-corrected chi connectivity index (χ3v) is 3.88. The van der Waals surface area contributed by atoms with Gasteiger partial charge in [-0.1, -0.05) is 6.92 Å². The van der Waals surface area contributed by atoms with Gasteiger partial charge in [0.1, 0.15) is 0 Å². The molecule has 0 saturated carbocycles. The second kappa shape index (κ2) is 6.39. The van der Waals surface area contributed by atoms with Gasteiger partial charge >= 0.3 is 0 Å². The van der Waals surface area contributed by atoms with Gasteiger partial charge in [-0.3, -0.25) is 9.48 Å². The normalized spacial score (nSPS) is 22.7. The van der Waals surface area contributed by atoms with Crippen molar-refractivity contribution in [2.75, 3.05) is 13.1 Å². The van der Waals surface area contributed by atoms with Crippen LogP contribution in [0.1, 0.15) is 35.1 Å². The van der Waals surface area contributed by atoms with E-state index in [0.29, 0.717) is 5.92 Å². The van der Waals surface area contributed by atoms with Gasteiger partial charge in [0, 0.05) is 25.3 Å². The van der Waals surface area contributed by atoms with Crippen LogP contribution in [-0.4, -0.2) is 34.8 Å². The van der Waals surface area contributed by atoms with Gasteiger partial charge in [-0.25, -0.2) is 0 Å². The molecule has 0 radical (unpaired) electrons. The molecule has 2 atom stereocenters. The maximum atomic E-state index is 12.3. The van der Waals surface area contributed by atoms with E-state index in [1.165, 1.54) is 0 Å².